The number of carbonyl (C=O) groups is 2. The first-order valence-electron chi connectivity index (χ1n) is 11.2. The van der Waals surface area contributed by atoms with Crippen molar-refractivity contribution in [3.8, 4) is 11.1 Å². The molecule has 1 aliphatic heterocycles. The van der Waals surface area contributed by atoms with Crippen LogP contribution in [0.4, 0.5) is 5.82 Å². The Hall–Kier alpha value is -3.54. The fourth-order valence-electron chi connectivity index (χ4n) is 4.56. The summed E-state index contributed by atoms with van der Waals surface area (Å²) in [5.41, 5.74) is 7.01. The van der Waals surface area contributed by atoms with Crippen molar-refractivity contribution in [2.75, 3.05) is 18.4 Å². The third-order valence-corrected chi connectivity index (χ3v) is 6.13. The number of benzene rings is 2. The van der Waals surface area contributed by atoms with Crippen LogP contribution in [0.25, 0.3) is 11.1 Å². The number of amides is 2. The van der Waals surface area contributed by atoms with Gasteiger partial charge < -0.3 is 5.32 Å². The standard InChI is InChI=1S/C26H26N4O2/c1-17-8-9-20-19(14-17)16-21-25(20)26(27-12-5-13-30-23(31)10-11-24(30)32)29-22(28-21)15-18-6-3-2-4-7-18/h2-4,6-9,14H,5,10-13,15-16H2,1H3,(H,27,28,29). The molecule has 162 valence electrons. The summed E-state index contributed by atoms with van der Waals surface area (Å²) in [5, 5.41) is 3.48. The van der Waals surface area contributed by atoms with E-state index >= 15 is 0 Å². The molecule has 0 bridgehead atoms. The molecule has 3 aromatic rings. The van der Waals surface area contributed by atoms with Crippen molar-refractivity contribution in [1.29, 1.82) is 0 Å². The van der Waals surface area contributed by atoms with Gasteiger partial charge in [0.05, 0.1) is 5.69 Å². The first kappa shape index (κ1) is 20.4. The summed E-state index contributed by atoms with van der Waals surface area (Å²) in [6.07, 6.45) is 2.84. The first-order chi connectivity index (χ1) is 15.6. The van der Waals surface area contributed by atoms with E-state index in [9.17, 15) is 9.59 Å². The average Bonchev–Trinajstić information content (AvgIpc) is 3.30. The molecule has 2 amide bonds. The minimum Gasteiger partial charge on any atom is -0.369 e. The number of rotatable bonds is 7. The Morgan fingerprint density at radius 1 is 1.00 bits per heavy atom. The van der Waals surface area contributed by atoms with Crippen LogP contribution < -0.4 is 5.32 Å². The number of fused-ring (bicyclic) bond motifs is 3. The van der Waals surface area contributed by atoms with Gasteiger partial charge in [0.25, 0.3) is 0 Å². The van der Waals surface area contributed by atoms with Crippen molar-refractivity contribution in [3.63, 3.8) is 0 Å². The van der Waals surface area contributed by atoms with E-state index in [0.29, 0.717) is 38.8 Å². The molecule has 2 heterocycles. The molecule has 0 spiro atoms. The summed E-state index contributed by atoms with van der Waals surface area (Å²) in [6, 6.07) is 16.8. The highest BCUT2D eigenvalue weighted by Gasteiger charge is 2.28. The zero-order chi connectivity index (χ0) is 22.1. The number of aromatic nitrogens is 2. The molecular formula is C26H26N4O2. The van der Waals surface area contributed by atoms with Gasteiger partial charge in [-0.2, -0.15) is 0 Å². The van der Waals surface area contributed by atoms with Crippen LogP contribution in [0.1, 0.15) is 47.5 Å². The van der Waals surface area contributed by atoms with Crippen LogP contribution in [-0.2, 0) is 22.4 Å². The second-order valence-corrected chi connectivity index (χ2v) is 8.53. The molecule has 1 fully saturated rings. The summed E-state index contributed by atoms with van der Waals surface area (Å²) < 4.78 is 0. The highest BCUT2D eigenvalue weighted by Crippen LogP contribution is 2.40. The largest absolute Gasteiger partial charge is 0.369 e. The fourth-order valence-corrected chi connectivity index (χ4v) is 4.56. The molecule has 5 rings (SSSR count). The number of hydrogen-bond acceptors (Lipinski definition) is 5. The number of likely N-dealkylation sites (tertiary alicyclic amines) is 1. The molecule has 2 aliphatic rings. The van der Waals surface area contributed by atoms with E-state index in [1.54, 1.807) is 0 Å². The van der Waals surface area contributed by atoms with Crippen molar-refractivity contribution >= 4 is 17.6 Å². The molecular weight excluding hydrogens is 400 g/mol. The van der Waals surface area contributed by atoms with Crippen LogP contribution in [0.15, 0.2) is 48.5 Å². The summed E-state index contributed by atoms with van der Waals surface area (Å²) in [4.78, 5) is 34.9. The lowest BCUT2D eigenvalue weighted by atomic mass is 10.0. The van der Waals surface area contributed by atoms with Crippen molar-refractivity contribution in [2.24, 2.45) is 0 Å². The Bertz CT molecular complexity index is 1170. The zero-order valence-corrected chi connectivity index (χ0v) is 18.2. The number of imide groups is 1. The van der Waals surface area contributed by atoms with Gasteiger partial charge in [-0.15, -0.1) is 0 Å². The minimum absolute atomic E-state index is 0.0626. The molecule has 6 nitrogen and oxygen atoms in total. The summed E-state index contributed by atoms with van der Waals surface area (Å²) in [5.74, 6) is 1.51. The molecule has 32 heavy (non-hydrogen) atoms. The van der Waals surface area contributed by atoms with Gasteiger partial charge in [-0.05, 0) is 30.0 Å². The Labute approximate surface area is 187 Å². The first-order valence-corrected chi connectivity index (χ1v) is 11.2. The van der Waals surface area contributed by atoms with E-state index in [2.05, 4.69) is 42.6 Å². The number of anilines is 1. The molecule has 1 N–H and O–H groups in total. The van der Waals surface area contributed by atoms with Gasteiger partial charge in [0, 0.05) is 44.3 Å². The van der Waals surface area contributed by atoms with E-state index in [1.165, 1.54) is 27.2 Å². The third kappa shape index (κ3) is 4.00. The topological polar surface area (TPSA) is 75.2 Å². The molecule has 0 atom stereocenters. The van der Waals surface area contributed by atoms with E-state index < -0.39 is 0 Å². The van der Waals surface area contributed by atoms with Gasteiger partial charge >= 0.3 is 0 Å². The van der Waals surface area contributed by atoms with E-state index in [-0.39, 0.29) is 11.8 Å². The van der Waals surface area contributed by atoms with Gasteiger partial charge in [-0.25, -0.2) is 9.97 Å². The molecule has 1 aliphatic carbocycles. The molecule has 2 aromatic carbocycles. The summed E-state index contributed by atoms with van der Waals surface area (Å²) >= 11 is 0. The van der Waals surface area contributed by atoms with Gasteiger partial charge in [0.2, 0.25) is 11.8 Å². The van der Waals surface area contributed by atoms with Crippen molar-refractivity contribution in [1.82, 2.24) is 14.9 Å². The fraction of sp³-hybridized carbons (Fsp3) is 0.308. The van der Waals surface area contributed by atoms with Crippen LogP contribution in [0.5, 0.6) is 0 Å². The highest BCUT2D eigenvalue weighted by atomic mass is 16.2. The molecule has 6 heteroatoms. The summed E-state index contributed by atoms with van der Waals surface area (Å²) in [7, 11) is 0. The van der Waals surface area contributed by atoms with Gasteiger partial charge in [0.1, 0.15) is 11.6 Å². The number of hydrogen-bond donors (Lipinski definition) is 1. The molecule has 1 saturated heterocycles. The number of carbonyl (C=O) groups excluding carboxylic acids is 2. The Balaban J connectivity index is 1.38. The number of nitrogens with zero attached hydrogens (tertiary/aromatic N) is 3. The number of nitrogens with one attached hydrogen (secondary N) is 1. The molecule has 0 saturated carbocycles. The molecule has 1 aromatic heterocycles. The van der Waals surface area contributed by atoms with E-state index in [4.69, 9.17) is 9.97 Å². The van der Waals surface area contributed by atoms with Crippen LogP contribution in [-0.4, -0.2) is 39.8 Å². The smallest absolute Gasteiger partial charge is 0.229 e. The van der Waals surface area contributed by atoms with Crippen molar-refractivity contribution in [2.45, 2.75) is 39.0 Å². The molecule has 0 radical (unpaired) electrons. The zero-order valence-electron chi connectivity index (χ0n) is 18.2. The average molecular weight is 427 g/mol. The third-order valence-electron chi connectivity index (χ3n) is 6.13. The van der Waals surface area contributed by atoms with Gasteiger partial charge in [-0.3, -0.25) is 14.5 Å². The Kier molecular flexibility index (Phi) is 5.43. The van der Waals surface area contributed by atoms with E-state index in [1.807, 2.05) is 18.2 Å². The lowest BCUT2D eigenvalue weighted by molar-refractivity contribution is -0.138. The van der Waals surface area contributed by atoms with Gasteiger partial charge in [-0.1, -0.05) is 54.1 Å². The Morgan fingerprint density at radius 2 is 1.78 bits per heavy atom. The maximum atomic E-state index is 11.8. The lowest BCUT2D eigenvalue weighted by Gasteiger charge is -2.16. The predicted molar refractivity (Wildman–Crippen MR) is 123 cm³/mol. The van der Waals surface area contributed by atoms with E-state index in [0.717, 1.165) is 29.3 Å². The number of aryl methyl sites for hydroxylation is 1. The maximum Gasteiger partial charge on any atom is 0.229 e. The second-order valence-electron chi connectivity index (χ2n) is 8.53. The van der Waals surface area contributed by atoms with Crippen LogP contribution in [0, 0.1) is 6.92 Å². The second kappa shape index (κ2) is 8.54. The summed E-state index contributed by atoms with van der Waals surface area (Å²) in [6.45, 7) is 3.19. The predicted octanol–water partition coefficient (Wildman–Crippen LogP) is 3.90. The van der Waals surface area contributed by atoms with Crippen molar-refractivity contribution in [3.05, 3.63) is 76.7 Å². The normalized spacial score (nSPS) is 14.6. The van der Waals surface area contributed by atoms with Crippen LogP contribution in [0.2, 0.25) is 0 Å². The van der Waals surface area contributed by atoms with Crippen LogP contribution in [0.3, 0.4) is 0 Å². The Morgan fingerprint density at radius 3 is 2.56 bits per heavy atom. The minimum atomic E-state index is -0.0626. The highest BCUT2D eigenvalue weighted by molar-refractivity contribution is 6.01. The molecule has 0 unspecified atom stereocenters. The van der Waals surface area contributed by atoms with Crippen LogP contribution >= 0.6 is 0 Å². The lowest BCUT2D eigenvalue weighted by Crippen LogP contribution is -2.31. The SMILES string of the molecule is Cc1ccc2c(c1)Cc1nc(Cc3ccccc3)nc(NCCCN3C(=O)CCC3=O)c1-2. The van der Waals surface area contributed by atoms with Gasteiger partial charge in [0.15, 0.2) is 0 Å². The monoisotopic (exact) mass is 426 g/mol. The quantitative estimate of drug-likeness (QED) is 0.358. The maximum absolute atomic E-state index is 11.8. The van der Waals surface area contributed by atoms with Crippen molar-refractivity contribution < 1.29 is 9.59 Å².